The molecule has 1 fully saturated rings. The van der Waals surface area contributed by atoms with Crippen LogP contribution in [0.5, 0.6) is 5.75 Å². The number of piperidine rings is 1. The molecule has 2 aliphatic rings. The quantitative estimate of drug-likeness (QED) is 0.335. The molecule has 1 aliphatic heterocycles. The number of allylic oxidation sites excluding steroid dienone is 4. The van der Waals surface area contributed by atoms with Crippen LogP contribution in [-0.4, -0.2) is 46.2 Å². The number of hydrogen-bond donors (Lipinski definition) is 0. The number of alkyl halides is 1. The predicted molar refractivity (Wildman–Crippen MR) is 141 cm³/mol. The third kappa shape index (κ3) is 4.69. The average molecular weight is 480 g/mol. The Labute approximate surface area is 206 Å². The van der Waals surface area contributed by atoms with Crippen molar-refractivity contribution < 1.29 is 4.74 Å². The van der Waals surface area contributed by atoms with E-state index in [4.69, 9.17) is 16.3 Å². The molecule has 1 aliphatic carbocycles. The monoisotopic (exact) mass is 479 g/mol. The molecular weight excluding hydrogens is 446 g/mol. The molecule has 0 N–H and O–H groups in total. The number of aromatic nitrogens is 2. The van der Waals surface area contributed by atoms with Gasteiger partial charge in [-0.05, 0) is 57.3 Å². The lowest BCUT2D eigenvalue weighted by Gasteiger charge is -2.26. The Kier molecular flexibility index (Phi) is 7.12. The van der Waals surface area contributed by atoms with Gasteiger partial charge in [0.25, 0.3) is 5.56 Å². The molecule has 34 heavy (non-hydrogen) atoms. The van der Waals surface area contributed by atoms with E-state index >= 15 is 0 Å². The third-order valence-corrected chi connectivity index (χ3v) is 7.62. The number of likely N-dealkylation sites (tertiary alicyclic amines) is 1. The highest BCUT2D eigenvalue weighted by Crippen LogP contribution is 2.33. The van der Waals surface area contributed by atoms with Gasteiger partial charge in [-0.15, -0.1) is 11.6 Å². The second kappa shape index (κ2) is 10.4. The molecule has 3 aromatic rings. The van der Waals surface area contributed by atoms with Gasteiger partial charge in [0.1, 0.15) is 5.75 Å². The van der Waals surface area contributed by atoms with Crippen LogP contribution in [0.25, 0.3) is 21.8 Å². The summed E-state index contributed by atoms with van der Waals surface area (Å²) in [6, 6.07) is 8.15. The first-order chi connectivity index (χ1) is 16.7. The Balaban J connectivity index is 1.54. The van der Waals surface area contributed by atoms with E-state index in [2.05, 4.69) is 39.8 Å². The number of rotatable bonds is 6. The highest BCUT2D eigenvalue weighted by molar-refractivity contribution is 6.21. The van der Waals surface area contributed by atoms with Crippen molar-refractivity contribution in [3.05, 3.63) is 64.6 Å². The van der Waals surface area contributed by atoms with Gasteiger partial charge in [0.15, 0.2) is 0 Å². The van der Waals surface area contributed by atoms with E-state index in [0.717, 1.165) is 73.0 Å². The van der Waals surface area contributed by atoms with E-state index in [1.807, 2.05) is 22.9 Å². The summed E-state index contributed by atoms with van der Waals surface area (Å²) < 4.78 is 9.90. The van der Waals surface area contributed by atoms with E-state index in [1.54, 1.807) is 7.11 Å². The van der Waals surface area contributed by atoms with Gasteiger partial charge in [0.05, 0.1) is 28.9 Å². The van der Waals surface area contributed by atoms with Crippen LogP contribution < -0.4 is 10.3 Å². The summed E-state index contributed by atoms with van der Waals surface area (Å²) >= 11 is 6.26. The molecule has 0 radical (unpaired) electrons. The van der Waals surface area contributed by atoms with Crippen molar-refractivity contribution in [1.29, 1.82) is 0 Å². The SMILES string of the molecule is COc1cccc2c3c(=O)n(C/C4=C/CCC(Cl)/C=C\C4)ccc3n(CCN3CCCCC3)c12. The molecule has 0 spiro atoms. The lowest BCUT2D eigenvalue weighted by molar-refractivity contribution is 0.222. The van der Waals surface area contributed by atoms with E-state index in [9.17, 15) is 4.79 Å². The molecule has 180 valence electrons. The topological polar surface area (TPSA) is 39.4 Å². The molecule has 0 amide bonds. The second-order valence-electron chi connectivity index (χ2n) is 9.51. The number of benzene rings is 1. The third-order valence-electron chi connectivity index (χ3n) is 7.25. The molecule has 3 heterocycles. The zero-order valence-electron chi connectivity index (χ0n) is 20.0. The summed E-state index contributed by atoms with van der Waals surface area (Å²) in [6.07, 6.45) is 15.0. The van der Waals surface area contributed by atoms with Gasteiger partial charge in [0, 0.05) is 31.2 Å². The Hall–Kier alpha value is -2.50. The Morgan fingerprint density at radius 3 is 2.79 bits per heavy atom. The lowest BCUT2D eigenvalue weighted by Crippen LogP contribution is -2.32. The molecule has 6 heteroatoms. The van der Waals surface area contributed by atoms with E-state index < -0.39 is 0 Å². The first-order valence-electron chi connectivity index (χ1n) is 12.5. The highest BCUT2D eigenvalue weighted by Gasteiger charge is 2.19. The minimum absolute atomic E-state index is 0.0645. The van der Waals surface area contributed by atoms with Crippen LogP contribution in [0.4, 0.5) is 0 Å². The minimum Gasteiger partial charge on any atom is -0.495 e. The maximum Gasteiger partial charge on any atom is 0.260 e. The van der Waals surface area contributed by atoms with E-state index in [0.29, 0.717) is 6.54 Å². The zero-order chi connectivity index (χ0) is 23.5. The van der Waals surface area contributed by atoms with Crippen molar-refractivity contribution in [3.63, 3.8) is 0 Å². The van der Waals surface area contributed by atoms with Gasteiger partial charge in [-0.1, -0.05) is 42.4 Å². The van der Waals surface area contributed by atoms with Crippen molar-refractivity contribution in [2.45, 2.75) is 57.0 Å². The summed E-state index contributed by atoms with van der Waals surface area (Å²) in [5, 5.41) is 1.87. The smallest absolute Gasteiger partial charge is 0.260 e. The van der Waals surface area contributed by atoms with Crippen LogP contribution in [0.2, 0.25) is 0 Å². The zero-order valence-corrected chi connectivity index (χ0v) is 20.8. The fourth-order valence-electron chi connectivity index (χ4n) is 5.45. The van der Waals surface area contributed by atoms with Crippen LogP contribution in [0.3, 0.4) is 0 Å². The van der Waals surface area contributed by atoms with E-state index in [1.165, 1.54) is 24.8 Å². The first-order valence-corrected chi connectivity index (χ1v) is 13.0. The summed E-state index contributed by atoms with van der Waals surface area (Å²) in [4.78, 5) is 16.3. The predicted octanol–water partition coefficient (Wildman–Crippen LogP) is 5.72. The van der Waals surface area contributed by atoms with Gasteiger partial charge >= 0.3 is 0 Å². The normalized spacial score (nSPS) is 22.3. The van der Waals surface area contributed by atoms with Gasteiger partial charge < -0.3 is 18.8 Å². The maximum absolute atomic E-state index is 13.8. The van der Waals surface area contributed by atoms with Crippen LogP contribution in [0, 0.1) is 0 Å². The van der Waals surface area contributed by atoms with Gasteiger partial charge in [-0.2, -0.15) is 0 Å². The largest absolute Gasteiger partial charge is 0.495 e. The van der Waals surface area contributed by atoms with Crippen molar-refractivity contribution >= 4 is 33.4 Å². The van der Waals surface area contributed by atoms with Crippen LogP contribution in [0.15, 0.2) is 59.1 Å². The molecule has 1 aromatic carbocycles. The van der Waals surface area contributed by atoms with Gasteiger partial charge in [0.2, 0.25) is 0 Å². The van der Waals surface area contributed by atoms with Crippen molar-refractivity contribution in [1.82, 2.24) is 14.0 Å². The molecule has 0 saturated carbocycles. The minimum atomic E-state index is 0.0645. The first kappa shape index (κ1) is 23.3. The Morgan fingerprint density at radius 1 is 1.12 bits per heavy atom. The van der Waals surface area contributed by atoms with Gasteiger partial charge in [-0.3, -0.25) is 4.79 Å². The number of nitrogens with zero attached hydrogens (tertiary/aromatic N) is 3. The number of fused-ring (bicyclic) bond motifs is 3. The van der Waals surface area contributed by atoms with E-state index in [-0.39, 0.29) is 10.9 Å². The molecular formula is C28H34ClN3O2. The summed E-state index contributed by atoms with van der Waals surface area (Å²) in [5.41, 5.74) is 3.34. The van der Waals surface area contributed by atoms with Crippen LogP contribution in [-0.2, 0) is 13.1 Å². The number of hydrogen-bond acceptors (Lipinski definition) is 3. The van der Waals surface area contributed by atoms with Crippen molar-refractivity contribution in [3.8, 4) is 5.75 Å². The molecule has 1 atom stereocenters. The number of pyridine rings is 1. The molecule has 5 rings (SSSR count). The van der Waals surface area contributed by atoms with Crippen molar-refractivity contribution in [2.24, 2.45) is 0 Å². The highest BCUT2D eigenvalue weighted by atomic mass is 35.5. The molecule has 2 aromatic heterocycles. The fourth-order valence-corrected chi connectivity index (χ4v) is 5.68. The fraction of sp³-hybridized carbons (Fsp3) is 0.464. The Bertz CT molecular complexity index is 1280. The van der Waals surface area contributed by atoms with Crippen LogP contribution in [0.1, 0.15) is 38.5 Å². The maximum atomic E-state index is 13.8. The van der Waals surface area contributed by atoms with Crippen molar-refractivity contribution in [2.75, 3.05) is 26.7 Å². The standard InChI is InChI=1S/C28H34ClN3O2/c1-34-25-13-7-12-23-26-24(32(27(23)25)19-18-30-15-3-2-4-16-30)14-17-31(28(26)33)20-21-8-5-10-22(29)11-6-9-21/h5,7,9-10,12-14,17,22H,2-4,6,8,11,15-16,18-20H2,1H3/b10-5-,21-9+. The van der Waals surface area contributed by atoms with Gasteiger partial charge in [-0.25, -0.2) is 0 Å². The second-order valence-corrected chi connectivity index (χ2v) is 10.1. The molecule has 1 saturated heterocycles. The summed E-state index contributed by atoms with van der Waals surface area (Å²) in [5.74, 6) is 0.821. The summed E-state index contributed by atoms with van der Waals surface area (Å²) in [7, 11) is 1.71. The lowest BCUT2D eigenvalue weighted by atomic mass is 10.0. The number of para-hydroxylation sites is 1. The molecule has 0 bridgehead atoms. The number of halogens is 1. The number of methoxy groups -OCH3 is 1. The molecule has 1 unspecified atom stereocenters. The van der Waals surface area contributed by atoms with Crippen LogP contribution >= 0.6 is 11.6 Å². The Morgan fingerprint density at radius 2 is 1.97 bits per heavy atom. The number of ether oxygens (including phenoxy) is 1. The summed E-state index contributed by atoms with van der Waals surface area (Å²) in [6.45, 7) is 4.76. The molecule has 5 nitrogen and oxygen atoms in total. The average Bonchev–Trinajstić information content (AvgIpc) is 3.17.